The van der Waals surface area contributed by atoms with Crippen LogP contribution in [0.15, 0.2) is 18.2 Å². The topological polar surface area (TPSA) is 60.0 Å². The second-order valence-electron chi connectivity index (χ2n) is 5.63. The van der Waals surface area contributed by atoms with Gasteiger partial charge in [0.2, 0.25) is 0 Å². The van der Waals surface area contributed by atoms with Gasteiger partial charge in [0.25, 0.3) is 5.91 Å². The molecule has 2 atom stereocenters. The highest BCUT2D eigenvalue weighted by Crippen LogP contribution is 2.28. The zero-order valence-electron chi connectivity index (χ0n) is 13.7. The lowest BCUT2D eigenvalue weighted by Gasteiger charge is -2.33. The largest absolute Gasteiger partial charge is 0.490 e. The number of hydrogen-bond acceptors (Lipinski definition) is 5. The van der Waals surface area contributed by atoms with Crippen LogP contribution >= 0.6 is 11.6 Å². The molecule has 0 saturated carbocycles. The van der Waals surface area contributed by atoms with Gasteiger partial charge in [-0.1, -0.05) is 11.6 Å². The summed E-state index contributed by atoms with van der Waals surface area (Å²) in [5, 5.41) is 3.27. The van der Waals surface area contributed by atoms with E-state index in [9.17, 15) is 4.79 Å². The van der Waals surface area contributed by atoms with Crippen molar-refractivity contribution in [3.8, 4) is 5.75 Å². The minimum absolute atomic E-state index is 0.0321. The first-order valence-corrected chi connectivity index (χ1v) is 7.93. The van der Waals surface area contributed by atoms with Gasteiger partial charge in [-0.05, 0) is 32.2 Å². The minimum Gasteiger partial charge on any atom is -0.490 e. The summed E-state index contributed by atoms with van der Waals surface area (Å²) in [6.07, 6.45) is -0.454. The monoisotopic (exact) mass is 342 g/mol. The van der Waals surface area contributed by atoms with Gasteiger partial charge in [0.05, 0.1) is 17.7 Å². The molecule has 128 valence electrons. The summed E-state index contributed by atoms with van der Waals surface area (Å²) < 4.78 is 16.1. The van der Waals surface area contributed by atoms with Gasteiger partial charge in [0.1, 0.15) is 18.5 Å². The van der Waals surface area contributed by atoms with E-state index >= 15 is 0 Å². The number of amides is 1. The molecule has 1 aromatic rings. The Hall–Kier alpha value is -1.34. The van der Waals surface area contributed by atoms with Crippen LogP contribution in [0.1, 0.15) is 6.92 Å². The van der Waals surface area contributed by atoms with Gasteiger partial charge in [0, 0.05) is 25.9 Å². The fourth-order valence-electron chi connectivity index (χ4n) is 2.46. The molecule has 7 heteroatoms. The highest BCUT2D eigenvalue weighted by molar-refractivity contribution is 6.32. The highest BCUT2D eigenvalue weighted by atomic mass is 35.5. The number of halogens is 1. The van der Waals surface area contributed by atoms with E-state index in [1.807, 2.05) is 14.0 Å². The second-order valence-corrected chi connectivity index (χ2v) is 6.04. The van der Waals surface area contributed by atoms with E-state index in [1.54, 1.807) is 25.3 Å². The van der Waals surface area contributed by atoms with Crippen LogP contribution in [0.3, 0.4) is 0 Å². The van der Waals surface area contributed by atoms with Crippen molar-refractivity contribution in [3.05, 3.63) is 23.2 Å². The van der Waals surface area contributed by atoms with Crippen LogP contribution < -0.4 is 10.1 Å². The van der Waals surface area contributed by atoms with Gasteiger partial charge in [-0.25, -0.2) is 0 Å². The fourth-order valence-corrected chi connectivity index (χ4v) is 2.70. The summed E-state index contributed by atoms with van der Waals surface area (Å²) in [6.45, 7) is 4.26. The summed E-state index contributed by atoms with van der Waals surface area (Å²) in [4.78, 5) is 14.4. The van der Waals surface area contributed by atoms with Gasteiger partial charge in [0.15, 0.2) is 0 Å². The van der Waals surface area contributed by atoms with Crippen molar-refractivity contribution in [1.29, 1.82) is 0 Å². The summed E-state index contributed by atoms with van der Waals surface area (Å²) in [7, 11) is 3.58. The number of ether oxygens (including phenoxy) is 3. The number of hydrogen-bond donors (Lipinski definition) is 1. The number of carbonyl (C=O) groups is 1. The second kappa shape index (κ2) is 8.49. The Morgan fingerprint density at radius 3 is 2.87 bits per heavy atom. The van der Waals surface area contributed by atoms with Crippen LogP contribution in [0.25, 0.3) is 0 Å². The van der Waals surface area contributed by atoms with E-state index < -0.39 is 6.10 Å². The molecule has 0 radical (unpaired) electrons. The molecule has 1 amide bonds. The summed E-state index contributed by atoms with van der Waals surface area (Å²) in [5.41, 5.74) is 0.614. The summed E-state index contributed by atoms with van der Waals surface area (Å²) >= 11 is 6.17. The van der Waals surface area contributed by atoms with Gasteiger partial charge >= 0.3 is 0 Å². The first kappa shape index (κ1) is 18.0. The zero-order chi connectivity index (χ0) is 16.8. The third kappa shape index (κ3) is 5.35. The molecule has 1 saturated heterocycles. The van der Waals surface area contributed by atoms with Crippen LogP contribution in [-0.2, 0) is 14.3 Å². The number of anilines is 1. The van der Waals surface area contributed by atoms with Crippen LogP contribution in [0.5, 0.6) is 5.75 Å². The summed E-state index contributed by atoms with van der Waals surface area (Å²) in [6, 6.07) is 5.14. The maximum Gasteiger partial charge on any atom is 0.254 e. The van der Waals surface area contributed by atoms with Crippen LogP contribution in [0.4, 0.5) is 5.69 Å². The number of morpholine rings is 1. The predicted molar refractivity (Wildman–Crippen MR) is 89.3 cm³/mol. The smallest absolute Gasteiger partial charge is 0.254 e. The Kier molecular flexibility index (Phi) is 6.65. The molecule has 1 N–H and O–H groups in total. The molecule has 1 aliphatic heterocycles. The molecule has 0 spiro atoms. The molecule has 23 heavy (non-hydrogen) atoms. The van der Waals surface area contributed by atoms with E-state index in [0.717, 1.165) is 6.54 Å². The predicted octanol–water partition coefficient (Wildman–Crippen LogP) is 2.02. The lowest BCUT2D eigenvalue weighted by molar-refractivity contribution is -0.139. The zero-order valence-corrected chi connectivity index (χ0v) is 14.4. The molecule has 6 nitrogen and oxygen atoms in total. The average molecular weight is 343 g/mol. The van der Waals surface area contributed by atoms with Crippen molar-refractivity contribution < 1.29 is 19.0 Å². The maximum absolute atomic E-state index is 12.3. The SMILES string of the molecule is COCCOc1ccc(NC(=O)C2CN(C)CC(C)O2)cc1Cl. The van der Waals surface area contributed by atoms with E-state index in [2.05, 4.69) is 10.2 Å². The molecule has 0 bridgehead atoms. The Balaban J connectivity index is 1.94. The van der Waals surface area contributed by atoms with Crippen molar-refractivity contribution in [3.63, 3.8) is 0 Å². The molecule has 1 fully saturated rings. The molecular weight excluding hydrogens is 320 g/mol. The number of nitrogens with zero attached hydrogens (tertiary/aromatic N) is 1. The van der Waals surface area contributed by atoms with E-state index in [0.29, 0.717) is 36.2 Å². The van der Waals surface area contributed by atoms with E-state index in [4.69, 9.17) is 25.8 Å². The molecule has 0 aromatic heterocycles. The van der Waals surface area contributed by atoms with Gasteiger partial charge in [-0.3, -0.25) is 4.79 Å². The number of carbonyl (C=O) groups excluding carboxylic acids is 1. The molecular formula is C16H23ClN2O4. The molecule has 0 aliphatic carbocycles. The van der Waals surface area contributed by atoms with Crippen LogP contribution in [0.2, 0.25) is 5.02 Å². The van der Waals surface area contributed by atoms with E-state index in [-0.39, 0.29) is 12.0 Å². The minimum atomic E-state index is -0.486. The average Bonchev–Trinajstić information content (AvgIpc) is 2.48. The Morgan fingerprint density at radius 2 is 2.22 bits per heavy atom. The number of methoxy groups -OCH3 is 1. The molecule has 2 unspecified atom stereocenters. The van der Waals surface area contributed by atoms with Crippen molar-refractivity contribution >= 4 is 23.2 Å². The fraction of sp³-hybridized carbons (Fsp3) is 0.562. The summed E-state index contributed by atoms with van der Waals surface area (Å²) in [5.74, 6) is 0.386. The van der Waals surface area contributed by atoms with Gasteiger partial charge in [-0.2, -0.15) is 0 Å². The maximum atomic E-state index is 12.3. The van der Waals surface area contributed by atoms with Crippen molar-refractivity contribution in [2.24, 2.45) is 0 Å². The first-order chi connectivity index (χ1) is 11.0. The number of likely N-dealkylation sites (N-methyl/N-ethyl adjacent to an activating group) is 1. The normalized spacial score (nSPS) is 21.9. The van der Waals surface area contributed by atoms with Crippen LogP contribution in [0, 0.1) is 0 Å². The lowest BCUT2D eigenvalue weighted by atomic mass is 10.2. The third-order valence-corrected chi connectivity index (χ3v) is 3.78. The Labute approximate surface area is 141 Å². The molecule has 1 heterocycles. The number of nitrogens with one attached hydrogen (secondary N) is 1. The highest BCUT2D eigenvalue weighted by Gasteiger charge is 2.28. The molecule has 2 rings (SSSR count). The van der Waals surface area contributed by atoms with E-state index in [1.165, 1.54) is 0 Å². The van der Waals surface area contributed by atoms with Crippen LogP contribution in [-0.4, -0.2) is 63.5 Å². The Morgan fingerprint density at radius 1 is 1.43 bits per heavy atom. The Bertz CT molecular complexity index is 531. The van der Waals surface area contributed by atoms with Crippen molar-refractivity contribution in [2.45, 2.75) is 19.1 Å². The molecule has 1 aliphatic rings. The standard InChI is InChI=1S/C16H23ClN2O4/c1-11-9-19(2)10-15(23-11)16(20)18-12-4-5-14(13(17)8-12)22-7-6-21-3/h4-5,8,11,15H,6-7,9-10H2,1-3H3,(H,18,20). The van der Waals surface area contributed by atoms with Crippen molar-refractivity contribution in [1.82, 2.24) is 4.90 Å². The third-order valence-electron chi connectivity index (χ3n) is 3.48. The van der Waals surface area contributed by atoms with Crippen molar-refractivity contribution in [2.75, 3.05) is 45.8 Å². The number of benzene rings is 1. The first-order valence-electron chi connectivity index (χ1n) is 7.55. The quantitative estimate of drug-likeness (QED) is 0.801. The van der Waals surface area contributed by atoms with Gasteiger partial charge in [-0.15, -0.1) is 0 Å². The lowest BCUT2D eigenvalue weighted by Crippen LogP contribution is -2.49. The number of rotatable bonds is 6. The van der Waals surface area contributed by atoms with Gasteiger partial charge < -0.3 is 24.4 Å². The molecule has 1 aromatic carbocycles.